The van der Waals surface area contributed by atoms with Crippen LogP contribution in [0.3, 0.4) is 0 Å². The van der Waals surface area contributed by atoms with Crippen LogP contribution in [0.5, 0.6) is 5.75 Å². The molecule has 0 amide bonds. The highest BCUT2D eigenvalue weighted by molar-refractivity contribution is 5.80. The topological polar surface area (TPSA) is 36.9 Å². The average Bonchev–Trinajstić information content (AvgIpc) is 2.48. The summed E-state index contributed by atoms with van der Waals surface area (Å²) in [5, 5.41) is 11.0. The van der Waals surface area contributed by atoms with E-state index in [2.05, 4.69) is 12.1 Å². The van der Waals surface area contributed by atoms with Crippen molar-refractivity contribution in [2.24, 2.45) is 0 Å². The Morgan fingerprint density at radius 1 is 0.895 bits per heavy atom. The predicted octanol–water partition coefficient (Wildman–Crippen LogP) is 2.84. The van der Waals surface area contributed by atoms with Gasteiger partial charge in [-0.2, -0.15) is 5.26 Å². The smallest absolute Gasteiger partial charge is 0.230 e. The van der Waals surface area contributed by atoms with Crippen molar-refractivity contribution in [2.45, 2.75) is 0 Å². The molecule has 0 N–H and O–H groups in total. The van der Waals surface area contributed by atoms with Crippen LogP contribution in [0.25, 0.3) is 10.8 Å². The molecule has 0 atom stereocenters. The second-order valence-electron chi connectivity index (χ2n) is 4.16. The third kappa shape index (κ3) is 2.38. The molecule has 3 aromatic rings. The third-order valence-electron chi connectivity index (χ3n) is 2.86. The molecule has 0 spiro atoms. The molecule has 1 heterocycles. The average molecular weight is 247 g/mol. The second kappa shape index (κ2) is 4.79. The number of hydrogen-bond donors (Lipinski definition) is 0. The Hall–Kier alpha value is -2.86. The zero-order valence-electron chi connectivity index (χ0n) is 10.2. The number of nitrogens with zero attached hydrogens (tertiary/aromatic N) is 2. The Morgan fingerprint density at radius 3 is 2.37 bits per heavy atom. The van der Waals surface area contributed by atoms with Crippen molar-refractivity contribution >= 4 is 10.8 Å². The first-order valence-corrected chi connectivity index (χ1v) is 5.94. The van der Waals surface area contributed by atoms with E-state index in [1.807, 2.05) is 36.7 Å². The quantitative estimate of drug-likeness (QED) is 0.653. The van der Waals surface area contributed by atoms with Crippen LogP contribution in [-0.2, 0) is 0 Å². The summed E-state index contributed by atoms with van der Waals surface area (Å²) in [4.78, 5) is 5.69. The number of hydrogen-bond acceptors (Lipinski definition) is 2. The van der Waals surface area contributed by atoms with Crippen molar-refractivity contribution in [1.82, 2.24) is 0 Å². The number of fused-ring (bicyclic) bond motifs is 1. The van der Waals surface area contributed by atoms with E-state index in [0.29, 0.717) is 11.3 Å². The van der Waals surface area contributed by atoms with E-state index in [1.165, 1.54) is 5.39 Å². The van der Waals surface area contributed by atoms with Gasteiger partial charge in [0, 0.05) is 10.8 Å². The molecule has 0 aliphatic carbocycles. The first-order chi connectivity index (χ1) is 9.35. The normalized spacial score (nSPS) is 10.1. The SMILES string of the molecule is N#Cc1ccc(O[n+]2ccc3ccccc3c2)cc1. The number of nitriles is 1. The molecule has 0 fully saturated rings. The van der Waals surface area contributed by atoms with E-state index in [-0.39, 0.29) is 0 Å². The molecule has 0 saturated carbocycles. The molecule has 0 saturated heterocycles. The molecule has 0 aliphatic rings. The van der Waals surface area contributed by atoms with Gasteiger partial charge in [0.1, 0.15) is 0 Å². The summed E-state index contributed by atoms with van der Waals surface area (Å²) < 4.78 is 1.66. The van der Waals surface area contributed by atoms with Crippen molar-refractivity contribution in [3.63, 3.8) is 0 Å². The van der Waals surface area contributed by atoms with Crippen LogP contribution in [-0.4, -0.2) is 0 Å². The zero-order chi connectivity index (χ0) is 13.1. The van der Waals surface area contributed by atoms with Gasteiger partial charge < -0.3 is 0 Å². The summed E-state index contributed by atoms with van der Waals surface area (Å²) in [5.74, 6) is 0.694. The van der Waals surface area contributed by atoms with E-state index in [9.17, 15) is 0 Å². The molecular formula is C16H11N2O+. The Labute approximate surface area is 110 Å². The molecule has 3 nitrogen and oxygen atoms in total. The van der Waals surface area contributed by atoms with Gasteiger partial charge in [0.15, 0.2) is 0 Å². The molecule has 3 heteroatoms. The molecule has 0 aliphatic heterocycles. The van der Waals surface area contributed by atoms with Gasteiger partial charge in [0.25, 0.3) is 0 Å². The van der Waals surface area contributed by atoms with E-state index >= 15 is 0 Å². The number of rotatable bonds is 2. The van der Waals surface area contributed by atoms with Gasteiger partial charge in [0.05, 0.1) is 17.0 Å². The highest BCUT2D eigenvalue weighted by Gasteiger charge is 2.06. The van der Waals surface area contributed by atoms with Crippen molar-refractivity contribution in [2.75, 3.05) is 0 Å². The molecular weight excluding hydrogens is 236 g/mol. The minimum Gasteiger partial charge on any atom is -0.232 e. The fourth-order valence-corrected chi connectivity index (χ4v) is 1.88. The zero-order valence-corrected chi connectivity index (χ0v) is 10.2. The lowest BCUT2D eigenvalue weighted by Gasteiger charge is -1.99. The Bertz CT molecular complexity index is 758. The van der Waals surface area contributed by atoms with Crippen LogP contribution in [0.15, 0.2) is 67.0 Å². The number of benzene rings is 2. The van der Waals surface area contributed by atoms with Crippen LogP contribution in [0.1, 0.15) is 5.56 Å². The Kier molecular flexibility index (Phi) is 2.83. The molecule has 2 aromatic carbocycles. The lowest BCUT2D eigenvalue weighted by molar-refractivity contribution is -0.874. The van der Waals surface area contributed by atoms with Gasteiger partial charge in [0.2, 0.25) is 18.1 Å². The van der Waals surface area contributed by atoms with E-state index in [0.717, 1.165) is 5.39 Å². The van der Waals surface area contributed by atoms with E-state index in [4.69, 9.17) is 10.1 Å². The van der Waals surface area contributed by atoms with E-state index < -0.39 is 0 Å². The van der Waals surface area contributed by atoms with Gasteiger partial charge in [-0.05, 0) is 35.7 Å². The Balaban J connectivity index is 1.90. The van der Waals surface area contributed by atoms with Gasteiger partial charge in [-0.3, -0.25) is 0 Å². The maximum absolute atomic E-state index is 8.74. The van der Waals surface area contributed by atoms with Gasteiger partial charge in [-0.1, -0.05) is 18.2 Å². The van der Waals surface area contributed by atoms with Crippen molar-refractivity contribution in [3.8, 4) is 11.8 Å². The summed E-state index contributed by atoms with van der Waals surface area (Å²) in [5.41, 5.74) is 0.621. The molecule has 0 radical (unpaired) electrons. The first kappa shape index (κ1) is 11.2. The van der Waals surface area contributed by atoms with Crippen LogP contribution < -0.4 is 9.57 Å². The van der Waals surface area contributed by atoms with E-state index in [1.54, 1.807) is 29.0 Å². The summed E-state index contributed by atoms with van der Waals surface area (Å²) in [7, 11) is 0. The monoisotopic (exact) mass is 247 g/mol. The van der Waals surface area contributed by atoms with Gasteiger partial charge in [-0.15, -0.1) is 0 Å². The van der Waals surface area contributed by atoms with Gasteiger partial charge in [-0.25, -0.2) is 4.84 Å². The van der Waals surface area contributed by atoms with Crippen LogP contribution in [0.2, 0.25) is 0 Å². The molecule has 1 aromatic heterocycles. The van der Waals surface area contributed by atoms with Crippen LogP contribution >= 0.6 is 0 Å². The highest BCUT2D eigenvalue weighted by atomic mass is 16.7. The summed E-state index contributed by atoms with van der Waals surface area (Å²) in [6, 6.07) is 19.2. The second-order valence-corrected chi connectivity index (χ2v) is 4.16. The minimum absolute atomic E-state index is 0.621. The molecule has 0 bridgehead atoms. The lowest BCUT2D eigenvalue weighted by atomic mass is 10.2. The van der Waals surface area contributed by atoms with Crippen LogP contribution in [0, 0.1) is 11.3 Å². The fourth-order valence-electron chi connectivity index (χ4n) is 1.88. The standard InChI is InChI=1S/C16H11N2O/c17-11-13-5-7-16(8-6-13)19-18-10-9-14-3-1-2-4-15(14)12-18/h1-10,12H/q+1. The highest BCUT2D eigenvalue weighted by Crippen LogP contribution is 2.12. The largest absolute Gasteiger partial charge is 0.232 e. The Morgan fingerprint density at radius 2 is 1.63 bits per heavy atom. The molecule has 3 rings (SSSR count). The number of pyridine rings is 1. The van der Waals surface area contributed by atoms with Crippen molar-refractivity contribution < 1.29 is 9.57 Å². The molecule has 0 unspecified atom stereocenters. The third-order valence-corrected chi connectivity index (χ3v) is 2.86. The van der Waals surface area contributed by atoms with Crippen molar-refractivity contribution in [3.05, 3.63) is 72.6 Å². The molecule has 90 valence electrons. The first-order valence-electron chi connectivity index (χ1n) is 5.94. The summed E-state index contributed by atoms with van der Waals surface area (Å²) in [6.07, 6.45) is 3.79. The maximum atomic E-state index is 8.74. The maximum Gasteiger partial charge on any atom is 0.230 e. The predicted molar refractivity (Wildman–Crippen MR) is 71.3 cm³/mol. The van der Waals surface area contributed by atoms with Crippen molar-refractivity contribution in [1.29, 1.82) is 5.26 Å². The van der Waals surface area contributed by atoms with Crippen LogP contribution in [0.4, 0.5) is 0 Å². The minimum atomic E-state index is 0.621. The van der Waals surface area contributed by atoms with Gasteiger partial charge >= 0.3 is 0 Å². The lowest BCUT2D eigenvalue weighted by Crippen LogP contribution is -2.38. The summed E-state index contributed by atoms with van der Waals surface area (Å²) in [6.45, 7) is 0. The molecule has 19 heavy (non-hydrogen) atoms. The fraction of sp³-hybridized carbons (Fsp3) is 0. The summed E-state index contributed by atoms with van der Waals surface area (Å²) >= 11 is 0. The number of aromatic nitrogens is 1.